The molecule has 0 saturated heterocycles. The van der Waals surface area contributed by atoms with Crippen LogP contribution in [0.1, 0.15) is 98.0 Å². The van der Waals surface area contributed by atoms with E-state index >= 15 is 0 Å². The molecule has 49 heavy (non-hydrogen) atoms. The molecular weight excluding hydrogens is 639 g/mol. The summed E-state index contributed by atoms with van der Waals surface area (Å²) in [7, 11) is 0. The molecule has 1 aromatic heterocycles. The maximum absolute atomic E-state index is 13.9. The maximum Gasteiger partial charge on any atom is 0.573 e. The Morgan fingerprint density at radius 3 is 2.51 bits per heavy atom. The first-order valence-electron chi connectivity index (χ1n) is 16.7. The first-order chi connectivity index (χ1) is 23.2. The monoisotopic (exact) mass is 683 g/mol. The number of hydrogen-bond donors (Lipinski definition) is 2. The van der Waals surface area contributed by atoms with E-state index in [9.17, 15) is 33.0 Å². The van der Waals surface area contributed by atoms with Crippen molar-refractivity contribution in [2.24, 2.45) is 5.41 Å². The molecule has 264 valence electrons. The predicted molar refractivity (Wildman–Crippen MR) is 176 cm³/mol. The maximum atomic E-state index is 13.9. The van der Waals surface area contributed by atoms with Crippen molar-refractivity contribution in [1.82, 2.24) is 4.90 Å². The van der Waals surface area contributed by atoms with Crippen LogP contribution in [0.5, 0.6) is 5.75 Å². The van der Waals surface area contributed by atoms with Crippen molar-refractivity contribution in [2.45, 2.75) is 96.2 Å². The van der Waals surface area contributed by atoms with Gasteiger partial charge in [0, 0.05) is 17.5 Å². The lowest BCUT2D eigenvalue weighted by Crippen LogP contribution is -2.53. The molecule has 2 N–H and O–H groups in total. The second-order valence-corrected chi connectivity index (χ2v) is 13.5. The Morgan fingerprint density at radius 2 is 1.84 bits per heavy atom. The van der Waals surface area contributed by atoms with Crippen LogP contribution in [-0.4, -0.2) is 58.2 Å². The molecule has 1 amide bonds. The zero-order chi connectivity index (χ0) is 35.4. The number of furan rings is 1. The summed E-state index contributed by atoms with van der Waals surface area (Å²) >= 11 is 0. The number of carbonyl (C=O) groups excluding carboxylic acids is 2. The summed E-state index contributed by atoms with van der Waals surface area (Å²) in [5.74, 6) is -0.770. The highest BCUT2D eigenvalue weighted by atomic mass is 19.4. The van der Waals surface area contributed by atoms with Crippen LogP contribution in [0.15, 0.2) is 76.9 Å². The van der Waals surface area contributed by atoms with Gasteiger partial charge in [-0.3, -0.25) is 4.79 Å². The fourth-order valence-corrected chi connectivity index (χ4v) is 7.47. The quantitative estimate of drug-likeness (QED) is 0.182. The van der Waals surface area contributed by atoms with Crippen molar-refractivity contribution in [3.05, 3.63) is 101 Å². The van der Waals surface area contributed by atoms with E-state index in [0.717, 1.165) is 16.7 Å². The van der Waals surface area contributed by atoms with Crippen LogP contribution in [-0.2, 0) is 17.7 Å². The lowest BCUT2D eigenvalue weighted by Gasteiger charge is -2.46. The van der Waals surface area contributed by atoms with Crippen molar-refractivity contribution >= 4 is 11.9 Å². The molecule has 6 rings (SSSR count). The Morgan fingerprint density at radius 1 is 1.08 bits per heavy atom. The van der Waals surface area contributed by atoms with Crippen molar-refractivity contribution in [3.8, 4) is 5.75 Å². The van der Waals surface area contributed by atoms with Crippen molar-refractivity contribution in [1.29, 1.82) is 0 Å². The molecule has 2 bridgehead atoms. The van der Waals surface area contributed by atoms with Gasteiger partial charge in [0.25, 0.3) is 0 Å². The van der Waals surface area contributed by atoms with Crippen LogP contribution in [0.4, 0.5) is 18.0 Å². The highest BCUT2D eigenvalue weighted by molar-refractivity contribution is 6.08. The molecule has 1 saturated carbocycles. The van der Waals surface area contributed by atoms with Gasteiger partial charge in [-0.1, -0.05) is 42.8 Å². The molecule has 0 unspecified atom stereocenters. The third-order valence-electron chi connectivity index (χ3n) is 10.2. The highest BCUT2D eigenvalue weighted by Gasteiger charge is 2.58. The number of aliphatic hydroxyl groups excluding tert-OH is 1. The molecule has 0 radical (unpaired) electrons. The van der Waals surface area contributed by atoms with Crippen molar-refractivity contribution in [2.75, 3.05) is 13.2 Å². The van der Waals surface area contributed by atoms with E-state index in [2.05, 4.69) is 10.8 Å². The molecule has 3 aromatic rings. The number of halogens is 3. The average molecular weight is 684 g/mol. The summed E-state index contributed by atoms with van der Waals surface area (Å²) in [6, 6.07) is 14.2. The van der Waals surface area contributed by atoms with E-state index in [1.165, 1.54) is 35.4 Å². The number of rotatable bonds is 8. The van der Waals surface area contributed by atoms with Crippen molar-refractivity contribution < 1.29 is 46.9 Å². The Kier molecular flexibility index (Phi) is 10.9. The zero-order valence-electron chi connectivity index (χ0n) is 28.1. The average Bonchev–Trinajstić information content (AvgIpc) is 3.67. The number of carbonyl (C=O) groups is 2. The number of aliphatic hydroxyl groups is 2. The number of benzene rings is 2. The van der Waals surface area contributed by atoms with Gasteiger partial charge in [-0.05, 0) is 112 Å². The number of alkyl halides is 3. The lowest BCUT2D eigenvalue weighted by molar-refractivity contribution is -0.274. The van der Waals surface area contributed by atoms with Crippen LogP contribution in [0.3, 0.4) is 0 Å². The molecule has 1 heterocycles. The molecule has 2 aromatic carbocycles. The number of amides is 1. The van der Waals surface area contributed by atoms with E-state index in [1.54, 1.807) is 19.1 Å². The van der Waals surface area contributed by atoms with Gasteiger partial charge in [-0.25, -0.2) is 4.79 Å². The number of allylic oxidation sites excluding steroid dienone is 2. The molecule has 3 aliphatic rings. The number of ether oxygens (including phenoxy) is 2. The number of fused-ring (bicyclic) bond motifs is 8. The molecule has 1 fully saturated rings. The molecule has 8 nitrogen and oxygen atoms in total. The fraction of sp³-hybridized carbons (Fsp3) is 0.474. The minimum absolute atomic E-state index is 0.0214. The van der Waals surface area contributed by atoms with Crippen LogP contribution < -0.4 is 4.74 Å². The smallest absolute Gasteiger partial charge is 0.461 e. The first kappa shape index (κ1) is 36.2. The van der Waals surface area contributed by atoms with E-state index < -0.39 is 29.6 Å². The number of nitrogens with zero attached hydrogens (tertiary/aromatic N) is 1. The topological polar surface area (TPSA) is 109 Å². The van der Waals surface area contributed by atoms with Crippen molar-refractivity contribution in [3.63, 3.8) is 0 Å². The zero-order valence-corrected chi connectivity index (χ0v) is 28.1. The standard InChI is InChI=1S/C38H44F3NO7/c1-4-47-35(45)42(23-26-10-14-29(15-11-26)49-38(39,40)41)24-37(46)19-17-32-30-16-12-27(22-31(30)34(44)33-8-6-20-48-33)21-28(43)13-9-25(2)7-5-18-36(32,37)3/h6-8,10-12,14-16,20,22,28,32,43,46H,4-5,9,13,17-19,21,23-24H2,1-3H3/t28-,32-,36-,37+/m0/s1. The first-order valence-corrected chi connectivity index (χ1v) is 16.7. The number of hydrogen-bond acceptors (Lipinski definition) is 7. The van der Waals surface area contributed by atoms with Gasteiger partial charge in [0.05, 0.1) is 31.1 Å². The summed E-state index contributed by atoms with van der Waals surface area (Å²) in [5.41, 5.74) is 1.43. The molecule has 0 spiro atoms. The second-order valence-electron chi connectivity index (χ2n) is 13.5. The van der Waals surface area contributed by atoms with Gasteiger partial charge < -0.3 is 29.0 Å². The van der Waals surface area contributed by atoms with Crippen LogP contribution >= 0.6 is 0 Å². The third-order valence-corrected chi connectivity index (χ3v) is 10.2. The highest BCUT2D eigenvalue weighted by Crippen LogP contribution is 2.59. The van der Waals surface area contributed by atoms with Gasteiger partial charge in [-0.15, -0.1) is 13.2 Å². The van der Waals surface area contributed by atoms with E-state index in [-0.39, 0.29) is 42.9 Å². The summed E-state index contributed by atoms with van der Waals surface area (Å²) in [6.07, 6.45) is 1.15. The third kappa shape index (κ3) is 8.38. The Hall–Kier alpha value is -4.09. The van der Waals surface area contributed by atoms with Crippen LogP contribution in [0.2, 0.25) is 0 Å². The van der Waals surface area contributed by atoms with E-state index in [1.807, 2.05) is 32.0 Å². The minimum Gasteiger partial charge on any atom is -0.461 e. The minimum atomic E-state index is -4.83. The van der Waals surface area contributed by atoms with E-state index in [4.69, 9.17) is 9.15 Å². The van der Waals surface area contributed by atoms with Gasteiger partial charge in [0.1, 0.15) is 5.75 Å². The lowest BCUT2D eigenvalue weighted by atomic mass is 9.64. The summed E-state index contributed by atoms with van der Waals surface area (Å²) < 4.78 is 53.1. The van der Waals surface area contributed by atoms with Crippen LogP contribution in [0.25, 0.3) is 0 Å². The van der Waals surface area contributed by atoms with Gasteiger partial charge in [-0.2, -0.15) is 0 Å². The van der Waals surface area contributed by atoms with Gasteiger partial charge in [0.15, 0.2) is 5.76 Å². The molecule has 11 heteroatoms. The largest absolute Gasteiger partial charge is 0.573 e. The van der Waals surface area contributed by atoms with Gasteiger partial charge >= 0.3 is 12.5 Å². The molecule has 0 aliphatic heterocycles. The summed E-state index contributed by atoms with van der Waals surface area (Å²) in [4.78, 5) is 28.6. The Labute approximate surface area is 284 Å². The summed E-state index contributed by atoms with van der Waals surface area (Å²) in [5, 5.41) is 23.5. The molecular formula is C38H44F3NO7. The Balaban J connectivity index is 1.53. The summed E-state index contributed by atoms with van der Waals surface area (Å²) in [6.45, 7) is 5.68. The van der Waals surface area contributed by atoms with Crippen LogP contribution in [0, 0.1) is 5.41 Å². The fourth-order valence-electron chi connectivity index (χ4n) is 7.47. The Bertz CT molecular complexity index is 1640. The number of ketones is 1. The second kappa shape index (κ2) is 14.8. The van der Waals surface area contributed by atoms with Gasteiger partial charge in [0.2, 0.25) is 5.78 Å². The molecule has 4 atom stereocenters. The van der Waals surface area contributed by atoms with E-state index in [0.29, 0.717) is 56.1 Å². The molecule has 3 aliphatic carbocycles. The normalized spacial score (nSPS) is 24.4. The predicted octanol–water partition coefficient (Wildman–Crippen LogP) is 8.11. The SMILES string of the molecule is CCOC(=O)N(Cc1ccc(OC(F)(F)F)cc1)C[C@]1(O)CC[C@H]2c3ccc(cc3C(=O)c3ccco3)C[C@@H](O)CCC(C)=CCC[C@@]21C.